The van der Waals surface area contributed by atoms with Gasteiger partial charge in [-0.15, -0.1) is 0 Å². The van der Waals surface area contributed by atoms with Crippen molar-refractivity contribution in [3.8, 4) is 0 Å². The van der Waals surface area contributed by atoms with Crippen LogP contribution in [0.15, 0.2) is 30.3 Å². The van der Waals surface area contributed by atoms with Crippen LogP contribution >= 0.6 is 11.8 Å². The van der Waals surface area contributed by atoms with Gasteiger partial charge in [0, 0.05) is 24.2 Å². The van der Waals surface area contributed by atoms with Gasteiger partial charge in [-0.2, -0.15) is 11.8 Å². The highest BCUT2D eigenvalue weighted by atomic mass is 32.2. The summed E-state index contributed by atoms with van der Waals surface area (Å²) in [4.78, 5) is 18.0. The highest BCUT2D eigenvalue weighted by Gasteiger charge is 2.15. The Morgan fingerprint density at radius 1 is 1.42 bits per heavy atom. The molecule has 0 radical (unpaired) electrons. The Bertz CT molecular complexity index is 585. The lowest BCUT2D eigenvalue weighted by molar-refractivity contribution is 0.112. The minimum absolute atomic E-state index is 0.336. The van der Waals surface area contributed by atoms with Crippen LogP contribution in [-0.4, -0.2) is 36.4 Å². The first-order valence-corrected chi connectivity index (χ1v) is 7.63. The number of rotatable bonds is 5. The van der Waals surface area contributed by atoms with Crippen molar-refractivity contribution >= 4 is 34.8 Å². The number of nitrogens with zero attached hydrogens (tertiary/aromatic N) is 2. The molecule has 0 aliphatic heterocycles. The molecule has 4 heteroatoms. The number of hydrogen-bond acceptors (Lipinski definition) is 4. The van der Waals surface area contributed by atoms with E-state index in [-0.39, 0.29) is 0 Å². The lowest BCUT2D eigenvalue weighted by atomic mass is 10.1. The van der Waals surface area contributed by atoms with Crippen LogP contribution in [0.3, 0.4) is 0 Å². The van der Waals surface area contributed by atoms with Gasteiger partial charge in [0.05, 0.1) is 11.1 Å². The van der Waals surface area contributed by atoms with Crippen molar-refractivity contribution in [2.45, 2.75) is 13.0 Å². The van der Waals surface area contributed by atoms with Crippen LogP contribution in [-0.2, 0) is 0 Å². The van der Waals surface area contributed by atoms with Gasteiger partial charge >= 0.3 is 0 Å². The molecule has 1 unspecified atom stereocenters. The lowest BCUT2D eigenvalue weighted by Gasteiger charge is -2.26. The standard InChI is InChI=1S/C15H18N2OS/c1-11(10-19-3)17(2)15-13(9-18)8-12-6-4-5-7-14(12)16-15/h4-9,11H,10H2,1-3H3. The Labute approximate surface area is 118 Å². The van der Waals surface area contributed by atoms with Gasteiger partial charge in [0.25, 0.3) is 0 Å². The summed E-state index contributed by atoms with van der Waals surface area (Å²) >= 11 is 1.79. The Hall–Kier alpha value is -1.55. The second-order valence-corrected chi connectivity index (χ2v) is 5.54. The molecule has 1 atom stereocenters. The molecular weight excluding hydrogens is 256 g/mol. The summed E-state index contributed by atoms with van der Waals surface area (Å²) in [6.45, 7) is 2.14. The molecule has 0 amide bonds. The van der Waals surface area contributed by atoms with Crippen LogP contribution in [0.4, 0.5) is 5.82 Å². The van der Waals surface area contributed by atoms with Crippen LogP contribution in [0.25, 0.3) is 10.9 Å². The summed E-state index contributed by atoms with van der Waals surface area (Å²) < 4.78 is 0. The molecule has 0 aliphatic rings. The third-order valence-corrected chi connectivity index (χ3v) is 4.08. The van der Waals surface area contributed by atoms with E-state index in [0.717, 1.165) is 28.8 Å². The molecule has 100 valence electrons. The van der Waals surface area contributed by atoms with Crippen LogP contribution in [0.2, 0.25) is 0 Å². The summed E-state index contributed by atoms with van der Waals surface area (Å²) in [7, 11) is 1.99. The first kappa shape index (κ1) is 13.9. The van der Waals surface area contributed by atoms with Crippen LogP contribution in [0, 0.1) is 0 Å². The number of aldehydes is 1. The molecule has 0 aliphatic carbocycles. The van der Waals surface area contributed by atoms with Gasteiger partial charge in [-0.25, -0.2) is 4.98 Å². The number of thioether (sulfide) groups is 1. The van der Waals surface area contributed by atoms with Gasteiger partial charge in [0.15, 0.2) is 6.29 Å². The third-order valence-electron chi connectivity index (χ3n) is 3.26. The number of benzene rings is 1. The third kappa shape index (κ3) is 2.89. The molecule has 0 fully saturated rings. The molecule has 3 nitrogen and oxygen atoms in total. The smallest absolute Gasteiger partial charge is 0.153 e. The zero-order chi connectivity index (χ0) is 13.8. The van der Waals surface area contributed by atoms with Gasteiger partial charge in [0.1, 0.15) is 5.82 Å². The Balaban J connectivity index is 2.48. The van der Waals surface area contributed by atoms with E-state index >= 15 is 0 Å². The average molecular weight is 274 g/mol. The fourth-order valence-electron chi connectivity index (χ4n) is 2.05. The molecule has 1 heterocycles. The Morgan fingerprint density at radius 3 is 2.84 bits per heavy atom. The van der Waals surface area contributed by atoms with Crippen molar-refractivity contribution in [3.63, 3.8) is 0 Å². The summed E-state index contributed by atoms with van der Waals surface area (Å²) in [6, 6.07) is 10.1. The molecule has 0 saturated carbocycles. The van der Waals surface area contributed by atoms with Crippen molar-refractivity contribution in [1.82, 2.24) is 4.98 Å². The van der Waals surface area contributed by atoms with Crippen molar-refractivity contribution in [1.29, 1.82) is 0 Å². The van der Waals surface area contributed by atoms with E-state index in [1.54, 1.807) is 11.8 Å². The Kier molecular flexibility index (Phi) is 4.43. The number of hydrogen-bond donors (Lipinski definition) is 0. The minimum atomic E-state index is 0.336. The molecule has 0 N–H and O–H groups in total. The molecule has 1 aromatic heterocycles. The number of fused-ring (bicyclic) bond motifs is 1. The predicted octanol–water partition coefficient (Wildman–Crippen LogP) is 3.24. The van der Waals surface area contributed by atoms with Crippen LogP contribution in [0.1, 0.15) is 17.3 Å². The van der Waals surface area contributed by atoms with E-state index in [2.05, 4.69) is 23.1 Å². The zero-order valence-electron chi connectivity index (χ0n) is 11.5. The summed E-state index contributed by atoms with van der Waals surface area (Å²) in [6.07, 6.45) is 2.97. The van der Waals surface area contributed by atoms with Crippen molar-refractivity contribution < 1.29 is 4.79 Å². The van der Waals surface area contributed by atoms with E-state index in [1.807, 2.05) is 37.4 Å². The highest BCUT2D eigenvalue weighted by Crippen LogP contribution is 2.23. The van der Waals surface area contributed by atoms with Crippen molar-refractivity contribution in [3.05, 3.63) is 35.9 Å². The lowest BCUT2D eigenvalue weighted by Crippen LogP contribution is -2.32. The SMILES string of the molecule is CSCC(C)N(C)c1nc2ccccc2cc1C=O. The normalized spacial score (nSPS) is 12.4. The van der Waals surface area contributed by atoms with Crippen LogP contribution in [0.5, 0.6) is 0 Å². The molecule has 0 spiro atoms. The van der Waals surface area contributed by atoms with E-state index in [0.29, 0.717) is 11.6 Å². The molecule has 0 saturated heterocycles. The van der Waals surface area contributed by atoms with E-state index < -0.39 is 0 Å². The summed E-state index contributed by atoms with van der Waals surface area (Å²) in [5.41, 5.74) is 1.57. The maximum absolute atomic E-state index is 11.3. The first-order valence-electron chi connectivity index (χ1n) is 6.24. The number of carbonyl (C=O) groups is 1. The molecule has 0 bridgehead atoms. The number of para-hydroxylation sites is 1. The number of aromatic nitrogens is 1. The predicted molar refractivity (Wildman–Crippen MR) is 83.4 cm³/mol. The summed E-state index contributed by atoms with van der Waals surface area (Å²) in [5, 5.41) is 0.999. The van der Waals surface area contributed by atoms with Gasteiger partial charge in [-0.05, 0) is 25.3 Å². The van der Waals surface area contributed by atoms with E-state index in [1.165, 1.54) is 0 Å². The van der Waals surface area contributed by atoms with E-state index in [4.69, 9.17) is 0 Å². The van der Waals surface area contributed by atoms with Gasteiger partial charge in [-0.1, -0.05) is 18.2 Å². The van der Waals surface area contributed by atoms with Gasteiger partial charge in [-0.3, -0.25) is 4.79 Å². The topological polar surface area (TPSA) is 33.2 Å². The highest BCUT2D eigenvalue weighted by molar-refractivity contribution is 7.98. The van der Waals surface area contributed by atoms with E-state index in [9.17, 15) is 4.79 Å². The van der Waals surface area contributed by atoms with Crippen molar-refractivity contribution in [2.75, 3.05) is 24.0 Å². The maximum Gasteiger partial charge on any atom is 0.153 e. The molecule has 19 heavy (non-hydrogen) atoms. The average Bonchev–Trinajstić information content (AvgIpc) is 2.45. The van der Waals surface area contributed by atoms with Gasteiger partial charge < -0.3 is 4.90 Å². The molecular formula is C15H18N2OS. The molecule has 1 aromatic carbocycles. The fourth-order valence-corrected chi connectivity index (χ4v) is 2.76. The van der Waals surface area contributed by atoms with Gasteiger partial charge in [0.2, 0.25) is 0 Å². The largest absolute Gasteiger partial charge is 0.356 e. The zero-order valence-corrected chi connectivity index (χ0v) is 12.3. The second kappa shape index (κ2) is 6.06. The quantitative estimate of drug-likeness (QED) is 0.784. The van der Waals surface area contributed by atoms with Crippen LogP contribution < -0.4 is 4.90 Å². The number of anilines is 1. The Morgan fingerprint density at radius 2 is 2.16 bits per heavy atom. The fraction of sp³-hybridized carbons (Fsp3) is 0.333. The number of pyridine rings is 1. The maximum atomic E-state index is 11.3. The number of carbonyl (C=O) groups excluding carboxylic acids is 1. The second-order valence-electron chi connectivity index (χ2n) is 4.63. The summed E-state index contributed by atoms with van der Waals surface area (Å²) in [5.74, 6) is 1.76. The first-order chi connectivity index (χ1) is 9.17. The van der Waals surface area contributed by atoms with Crippen molar-refractivity contribution in [2.24, 2.45) is 0 Å². The monoisotopic (exact) mass is 274 g/mol. The molecule has 2 rings (SSSR count). The minimum Gasteiger partial charge on any atom is -0.356 e. The molecule has 2 aromatic rings.